The van der Waals surface area contributed by atoms with Crippen LogP contribution in [0.15, 0.2) is 47.4 Å². The largest absolute Gasteiger partial charge is 0.348 e. The highest BCUT2D eigenvalue weighted by Crippen LogP contribution is 2.26. The van der Waals surface area contributed by atoms with Crippen molar-refractivity contribution in [2.24, 2.45) is 0 Å². The highest BCUT2D eigenvalue weighted by molar-refractivity contribution is 7.89. The van der Waals surface area contributed by atoms with E-state index in [9.17, 15) is 17.6 Å². The number of nitrogens with one attached hydrogen (secondary N) is 1. The number of sulfonamides is 1. The third-order valence-electron chi connectivity index (χ3n) is 6.15. The molecule has 1 unspecified atom stereocenters. The van der Waals surface area contributed by atoms with Crippen molar-refractivity contribution >= 4 is 15.9 Å². The summed E-state index contributed by atoms with van der Waals surface area (Å²) in [6.45, 7) is 3.79. The van der Waals surface area contributed by atoms with Crippen LogP contribution in [0, 0.1) is 5.82 Å². The van der Waals surface area contributed by atoms with Crippen molar-refractivity contribution in [2.45, 2.75) is 37.1 Å². The lowest BCUT2D eigenvalue weighted by Crippen LogP contribution is -2.51. The molecule has 0 aromatic heterocycles. The maximum atomic E-state index is 13.1. The zero-order valence-corrected chi connectivity index (χ0v) is 18.5. The van der Waals surface area contributed by atoms with E-state index in [1.165, 1.54) is 22.0 Å². The minimum Gasteiger partial charge on any atom is -0.348 e. The molecule has 1 aliphatic heterocycles. The summed E-state index contributed by atoms with van der Waals surface area (Å²) in [4.78, 5) is 14.7. The van der Waals surface area contributed by atoms with Gasteiger partial charge in [0.2, 0.25) is 15.9 Å². The number of rotatable bonds is 6. The quantitative estimate of drug-likeness (QED) is 0.742. The SMILES string of the molecule is CC(NC(=O)CN1CCN(S(=O)(=O)c2ccc3c(c2)CCC3)CC1)c1ccc(F)cc1. The Morgan fingerprint density at radius 3 is 2.42 bits per heavy atom. The molecule has 31 heavy (non-hydrogen) atoms. The van der Waals surface area contributed by atoms with E-state index in [0.29, 0.717) is 31.1 Å². The normalized spacial score (nSPS) is 18.5. The van der Waals surface area contributed by atoms with Gasteiger partial charge in [0.05, 0.1) is 17.5 Å². The lowest BCUT2D eigenvalue weighted by molar-refractivity contribution is -0.123. The number of benzene rings is 2. The fourth-order valence-corrected chi connectivity index (χ4v) is 5.78. The summed E-state index contributed by atoms with van der Waals surface area (Å²) in [6.07, 6.45) is 3.05. The molecule has 1 aliphatic carbocycles. The Hall–Kier alpha value is -2.29. The smallest absolute Gasteiger partial charge is 0.243 e. The van der Waals surface area contributed by atoms with Gasteiger partial charge in [-0.2, -0.15) is 4.31 Å². The van der Waals surface area contributed by atoms with Crippen LogP contribution >= 0.6 is 0 Å². The van der Waals surface area contributed by atoms with E-state index in [-0.39, 0.29) is 24.3 Å². The van der Waals surface area contributed by atoms with E-state index >= 15 is 0 Å². The van der Waals surface area contributed by atoms with E-state index in [4.69, 9.17) is 0 Å². The van der Waals surface area contributed by atoms with Crippen molar-refractivity contribution < 1.29 is 17.6 Å². The first-order valence-electron chi connectivity index (χ1n) is 10.7. The molecule has 4 rings (SSSR count). The summed E-state index contributed by atoms with van der Waals surface area (Å²) >= 11 is 0. The van der Waals surface area contributed by atoms with Gasteiger partial charge >= 0.3 is 0 Å². The van der Waals surface area contributed by atoms with Gasteiger partial charge in [-0.1, -0.05) is 18.2 Å². The molecule has 8 heteroatoms. The van der Waals surface area contributed by atoms with Crippen molar-refractivity contribution in [1.82, 2.24) is 14.5 Å². The molecule has 1 saturated heterocycles. The maximum absolute atomic E-state index is 13.1. The summed E-state index contributed by atoms with van der Waals surface area (Å²) < 4.78 is 40.7. The summed E-state index contributed by atoms with van der Waals surface area (Å²) in [5.41, 5.74) is 3.23. The fraction of sp³-hybridized carbons (Fsp3) is 0.435. The summed E-state index contributed by atoms with van der Waals surface area (Å²) in [7, 11) is -3.52. The van der Waals surface area contributed by atoms with Gasteiger partial charge in [-0.25, -0.2) is 12.8 Å². The second-order valence-corrected chi connectivity index (χ2v) is 10.2. The van der Waals surface area contributed by atoms with Crippen molar-refractivity contribution in [3.8, 4) is 0 Å². The molecule has 0 saturated carbocycles. The molecule has 2 aliphatic rings. The zero-order chi connectivity index (χ0) is 22.0. The number of amides is 1. The highest BCUT2D eigenvalue weighted by Gasteiger charge is 2.30. The molecule has 0 bridgehead atoms. The van der Waals surface area contributed by atoms with Crippen LogP contribution in [-0.4, -0.2) is 56.3 Å². The topological polar surface area (TPSA) is 69.7 Å². The minimum atomic E-state index is -3.52. The third-order valence-corrected chi connectivity index (χ3v) is 8.05. The number of aryl methyl sites for hydroxylation is 2. The van der Waals surface area contributed by atoms with Crippen LogP contribution in [0.1, 0.15) is 36.1 Å². The van der Waals surface area contributed by atoms with Gasteiger partial charge in [0, 0.05) is 26.2 Å². The molecule has 1 heterocycles. The van der Waals surface area contributed by atoms with Crippen LogP contribution < -0.4 is 5.32 Å². The second-order valence-electron chi connectivity index (χ2n) is 8.31. The van der Waals surface area contributed by atoms with Crippen LogP contribution in [0.4, 0.5) is 4.39 Å². The Morgan fingerprint density at radius 1 is 1.03 bits per heavy atom. The molecule has 1 atom stereocenters. The van der Waals surface area contributed by atoms with Gasteiger partial charge in [0.25, 0.3) is 0 Å². The Morgan fingerprint density at radius 2 is 1.71 bits per heavy atom. The van der Waals surface area contributed by atoms with E-state index in [0.717, 1.165) is 30.4 Å². The molecular weight excluding hydrogens is 417 g/mol. The van der Waals surface area contributed by atoms with Crippen LogP contribution in [0.25, 0.3) is 0 Å². The molecule has 0 spiro atoms. The number of halogens is 1. The number of hydrogen-bond donors (Lipinski definition) is 1. The summed E-state index contributed by atoms with van der Waals surface area (Å²) in [5, 5.41) is 2.92. The Labute approximate surface area is 183 Å². The van der Waals surface area contributed by atoms with Gasteiger partial charge in [-0.3, -0.25) is 9.69 Å². The van der Waals surface area contributed by atoms with E-state index in [2.05, 4.69) is 5.32 Å². The predicted octanol–water partition coefficient (Wildman–Crippen LogP) is 2.50. The van der Waals surface area contributed by atoms with Crippen LogP contribution in [0.3, 0.4) is 0 Å². The molecule has 2 aromatic carbocycles. The standard InChI is InChI=1S/C23H28FN3O3S/c1-17(18-5-8-21(24)9-6-18)25-23(28)16-26-11-13-27(14-12-26)31(29,30)22-10-7-19-3-2-4-20(19)15-22/h5-10,15,17H,2-4,11-14,16H2,1H3,(H,25,28). The first-order valence-corrected chi connectivity index (χ1v) is 12.2. The third kappa shape index (κ3) is 4.97. The van der Waals surface area contributed by atoms with E-state index in [1.807, 2.05) is 24.0 Å². The van der Waals surface area contributed by atoms with Gasteiger partial charge in [0.15, 0.2) is 0 Å². The monoisotopic (exact) mass is 445 g/mol. The molecule has 1 N–H and O–H groups in total. The molecule has 1 fully saturated rings. The number of carbonyl (C=O) groups excluding carboxylic acids is 1. The molecule has 2 aromatic rings. The minimum absolute atomic E-state index is 0.133. The predicted molar refractivity (Wildman–Crippen MR) is 117 cm³/mol. The second kappa shape index (κ2) is 9.06. The number of carbonyl (C=O) groups is 1. The van der Waals surface area contributed by atoms with Crippen molar-refractivity contribution in [2.75, 3.05) is 32.7 Å². The number of piperazine rings is 1. The Kier molecular flexibility index (Phi) is 6.41. The Balaban J connectivity index is 1.30. The van der Waals surface area contributed by atoms with Gasteiger partial charge in [-0.15, -0.1) is 0 Å². The summed E-state index contributed by atoms with van der Waals surface area (Å²) in [5.74, 6) is -0.443. The molecule has 166 valence electrons. The van der Waals surface area contributed by atoms with Crippen molar-refractivity contribution in [3.05, 3.63) is 65.0 Å². The average Bonchev–Trinajstić information content (AvgIpc) is 3.22. The Bertz CT molecular complexity index is 1050. The van der Waals surface area contributed by atoms with Gasteiger partial charge in [-0.05, 0) is 67.1 Å². The van der Waals surface area contributed by atoms with Gasteiger partial charge in [0.1, 0.15) is 5.82 Å². The van der Waals surface area contributed by atoms with Crippen LogP contribution in [0.2, 0.25) is 0 Å². The molecule has 1 amide bonds. The first-order chi connectivity index (χ1) is 14.8. The zero-order valence-electron chi connectivity index (χ0n) is 17.7. The van der Waals surface area contributed by atoms with Gasteiger partial charge < -0.3 is 5.32 Å². The average molecular weight is 446 g/mol. The van der Waals surface area contributed by atoms with E-state index in [1.54, 1.807) is 18.2 Å². The fourth-order valence-electron chi connectivity index (χ4n) is 4.31. The van der Waals surface area contributed by atoms with Crippen molar-refractivity contribution in [1.29, 1.82) is 0 Å². The number of nitrogens with zero attached hydrogens (tertiary/aromatic N) is 2. The van der Waals surface area contributed by atoms with Crippen LogP contribution in [-0.2, 0) is 27.7 Å². The molecule has 0 radical (unpaired) electrons. The van der Waals surface area contributed by atoms with Crippen LogP contribution in [0.5, 0.6) is 0 Å². The van der Waals surface area contributed by atoms with Crippen molar-refractivity contribution in [3.63, 3.8) is 0 Å². The lowest BCUT2D eigenvalue weighted by atomic mass is 10.1. The molecule has 6 nitrogen and oxygen atoms in total. The first kappa shape index (κ1) is 21.9. The number of hydrogen-bond acceptors (Lipinski definition) is 4. The van der Waals surface area contributed by atoms with E-state index < -0.39 is 10.0 Å². The lowest BCUT2D eigenvalue weighted by Gasteiger charge is -2.33. The molecular formula is C23H28FN3O3S. The highest BCUT2D eigenvalue weighted by atomic mass is 32.2. The number of fused-ring (bicyclic) bond motifs is 1. The maximum Gasteiger partial charge on any atom is 0.243 e. The summed E-state index contributed by atoms with van der Waals surface area (Å²) in [6, 6.07) is 11.3.